The molecule has 1 aliphatic heterocycles. The average Bonchev–Trinajstić information content (AvgIpc) is 2.34. The number of hydrogen-bond donors (Lipinski definition) is 2. The van der Waals surface area contributed by atoms with Crippen molar-refractivity contribution >= 4 is 11.9 Å². The molecule has 0 aromatic heterocycles. The van der Waals surface area contributed by atoms with E-state index in [1.165, 1.54) is 0 Å². The number of carboxylic acids is 1. The van der Waals surface area contributed by atoms with Crippen LogP contribution in [0.5, 0.6) is 0 Å². The number of rotatable bonds is 5. The van der Waals surface area contributed by atoms with Crippen LogP contribution in [0, 0.1) is 17.2 Å². The van der Waals surface area contributed by atoms with Crippen molar-refractivity contribution in [3.05, 3.63) is 0 Å². The number of nitrogens with zero attached hydrogens (tertiary/aromatic N) is 2. The maximum absolute atomic E-state index is 11.6. The number of nitrogens with one attached hydrogen (secondary N) is 1. The van der Waals surface area contributed by atoms with Crippen LogP contribution in [0.3, 0.4) is 0 Å². The molecule has 1 rings (SSSR count). The van der Waals surface area contributed by atoms with Gasteiger partial charge in [-0.05, 0) is 25.9 Å². The van der Waals surface area contributed by atoms with Crippen molar-refractivity contribution < 1.29 is 14.7 Å². The van der Waals surface area contributed by atoms with Gasteiger partial charge in [-0.3, -0.25) is 9.59 Å². The van der Waals surface area contributed by atoms with Gasteiger partial charge in [0.05, 0.1) is 6.07 Å². The summed E-state index contributed by atoms with van der Waals surface area (Å²) in [5, 5.41) is 19.3. The van der Waals surface area contributed by atoms with Gasteiger partial charge in [0.2, 0.25) is 5.91 Å². The fraction of sp³-hybridized carbons (Fsp3) is 0.727. The van der Waals surface area contributed by atoms with E-state index in [1.807, 2.05) is 0 Å². The maximum atomic E-state index is 11.6. The number of nitriles is 1. The minimum atomic E-state index is -1.02. The molecule has 6 heteroatoms. The number of carboxylic acid groups (broad SMARTS) is 1. The highest BCUT2D eigenvalue weighted by molar-refractivity contribution is 5.82. The number of amides is 1. The predicted octanol–water partition coefficient (Wildman–Crippen LogP) is -0.187. The fourth-order valence-electron chi connectivity index (χ4n) is 1.93. The van der Waals surface area contributed by atoms with Crippen molar-refractivity contribution in [2.45, 2.75) is 19.3 Å². The third-order valence-electron chi connectivity index (χ3n) is 2.91. The van der Waals surface area contributed by atoms with Gasteiger partial charge >= 0.3 is 5.97 Å². The van der Waals surface area contributed by atoms with Gasteiger partial charge in [-0.1, -0.05) is 0 Å². The zero-order valence-electron chi connectivity index (χ0n) is 9.69. The summed E-state index contributed by atoms with van der Waals surface area (Å²) < 4.78 is 0. The Labute approximate surface area is 100 Å². The van der Waals surface area contributed by atoms with Gasteiger partial charge in [0.15, 0.2) is 0 Å². The molecular formula is C11H17N3O3. The van der Waals surface area contributed by atoms with E-state index >= 15 is 0 Å². The van der Waals surface area contributed by atoms with Crippen molar-refractivity contribution in [3.8, 4) is 6.07 Å². The Morgan fingerprint density at radius 2 is 2.06 bits per heavy atom. The quantitative estimate of drug-likeness (QED) is 0.693. The number of carbonyl (C=O) groups is 2. The number of hydrogen-bond acceptors (Lipinski definition) is 4. The van der Waals surface area contributed by atoms with Crippen molar-refractivity contribution in [2.75, 3.05) is 26.2 Å². The first-order valence-corrected chi connectivity index (χ1v) is 5.72. The molecule has 1 amide bonds. The lowest BCUT2D eigenvalue weighted by Gasteiger charge is -2.30. The molecule has 1 fully saturated rings. The highest BCUT2D eigenvalue weighted by atomic mass is 16.4. The first-order chi connectivity index (χ1) is 8.13. The van der Waals surface area contributed by atoms with Crippen LogP contribution in [-0.4, -0.2) is 48.1 Å². The molecule has 2 N–H and O–H groups in total. The van der Waals surface area contributed by atoms with Gasteiger partial charge < -0.3 is 15.3 Å². The van der Waals surface area contributed by atoms with E-state index in [-0.39, 0.29) is 18.4 Å². The largest absolute Gasteiger partial charge is 0.480 e. The Morgan fingerprint density at radius 1 is 1.41 bits per heavy atom. The van der Waals surface area contributed by atoms with Crippen molar-refractivity contribution in [1.29, 1.82) is 5.26 Å². The van der Waals surface area contributed by atoms with Crippen LogP contribution in [-0.2, 0) is 9.59 Å². The van der Waals surface area contributed by atoms with E-state index < -0.39 is 5.97 Å². The second-order valence-electron chi connectivity index (χ2n) is 4.14. The van der Waals surface area contributed by atoms with E-state index in [0.29, 0.717) is 6.42 Å². The van der Waals surface area contributed by atoms with Crippen LogP contribution >= 0.6 is 0 Å². The van der Waals surface area contributed by atoms with Crippen molar-refractivity contribution in [1.82, 2.24) is 10.2 Å². The molecule has 1 heterocycles. The van der Waals surface area contributed by atoms with E-state index in [1.54, 1.807) is 0 Å². The minimum Gasteiger partial charge on any atom is -0.480 e. The topological polar surface area (TPSA) is 93.4 Å². The summed E-state index contributed by atoms with van der Waals surface area (Å²) in [6.45, 7) is 2.03. The fourth-order valence-corrected chi connectivity index (χ4v) is 1.93. The van der Waals surface area contributed by atoms with E-state index in [4.69, 9.17) is 10.4 Å². The lowest BCUT2D eigenvalue weighted by atomic mass is 9.96. The van der Waals surface area contributed by atoms with Gasteiger partial charge in [-0.25, -0.2) is 0 Å². The Hall–Kier alpha value is -1.61. The van der Waals surface area contributed by atoms with Crippen LogP contribution in [0.4, 0.5) is 0 Å². The molecule has 0 atom stereocenters. The lowest BCUT2D eigenvalue weighted by molar-refractivity contribution is -0.138. The molecule has 0 aromatic carbocycles. The van der Waals surface area contributed by atoms with E-state index in [0.717, 1.165) is 32.5 Å². The van der Waals surface area contributed by atoms with Gasteiger partial charge in [-0.15, -0.1) is 0 Å². The van der Waals surface area contributed by atoms with Gasteiger partial charge in [0.1, 0.15) is 6.54 Å². The minimum absolute atomic E-state index is 0.0901. The molecule has 94 valence electrons. The first kappa shape index (κ1) is 13.5. The summed E-state index contributed by atoms with van der Waals surface area (Å²) in [6.07, 6.45) is 1.98. The number of likely N-dealkylation sites (tertiary alicyclic amines) is 1. The van der Waals surface area contributed by atoms with Gasteiger partial charge in [-0.2, -0.15) is 5.26 Å². The molecule has 0 saturated carbocycles. The molecule has 0 unspecified atom stereocenters. The molecule has 17 heavy (non-hydrogen) atoms. The smallest absolute Gasteiger partial charge is 0.322 e. The van der Waals surface area contributed by atoms with Crippen molar-refractivity contribution in [3.63, 3.8) is 0 Å². The third kappa shape index (κ3) is 4.83. The van der Waals surface area contributed by atoms with Crippen molar-refractivity contribution in [2.24, 2.45) is 5.92 Å². The Kier molecular flexibility index (Phi) is 5.43. The summed E-state index contributed by atoms with van der Waals surface area (Å²) in [7, 11) is 0. The van der Waals surface area contributed by atoms with Crippen LogP contribution in [0.15, 0.2) is 0 Å². The predicted molar refractivity (Wildman–Crippen MR) is 60.0 cm³/mol. The van der Waals surface area contributed by atoms with E-state index in [2.05, 4.69) is 16.3 Å². The summed E-state index contributed by atoms with van der Waals surface area (Å²) in [4.78, 5) is 24.0. The summed E-state index contributed by atoms with van der Waals surface area (Å²) >= 11 is 0. The Bertz CT molecular complexity index is 316. The normalized spacial score (nSPS) is 17.4. The molecule has 6 nitrogen and oxygen atoms in total. The molecule has 0 aliphatic carbocycles. The van der Waals surface area contributed by atoms with Gasteiger partial charge in [0.25, 0.3) is 0 Å². The first-order valence-electron chi connectivity index (χ1n) is 5.72. The summed E-state index contributed by atoms with van der Waals surface area (Å²) in [5.74, 6) is -1.29. The van der Waals surface area contributed by atoms with Crippen LogP contribution < -0.4 is 5.32 Å². The second kappa shape index (κ2) is 6.86. The third-order valence-corrected chi connectivity index (χ3v) is 2.91. The molecule has 0 radical (unpaired) electrons. The monoisotopic (exact) mass is 239 g/mol. The van der Waals surface area contributed by atoms with Gasteiger partial charge in [0, 0.05) is 18.9 Å². The highest BCUT2D eigenvalue weighted by Crippen LogP contribution is 2.17. The van der Waals surface area contributed by atoms with Crippen LogP contribution in [0.2, 0.25) is 0 Å². The van der Waals surface area contributed by atoms with Crippen LogP contribution in [0.1, 0.15) is 19.3 Å². The maximum Gasteiger partial charge on any atom is 0.322 e. The second-order valence-corrected chi connectivity index (χ2v) is 4.14. The summed E-state index contributed by atoms with van der Waals surface area (Å²) in [6, 6.07) is 2.10. The molecule has 0 spiro atoms. The highest BCUT2D eigenvalue weighted by Gasteiger charge is 2.24. The standard InChI is InChI=1S/C11H17N3O3/c12-4-1-5-14-6-2-9(3-7-14)11(17)13-8-10(15)16/h9H,1-3,5-8H2,(H,13,17)(H,15,16). The average molecular weight is 239 g/mol. The number of piperidine rings is 1. The number of carbonyl (C=O) groups excluding carboxylic acids is 1. The lowest BCUT2D eigenvalue weighted by Crippen LogP contribution is -2.42. The molecule has 1 aliphatic rings. The number of aliphatic carboxylic acids is 1. The summed E-state index contributed by atoms with van der Waals surface area (Å²) in [5.41, 5.74) is 0. The molecule has 0 bridgehead atoms. The molecular weight excluding hydrogens is 222 g/mol. The van der Waals surface area contributed by atoms with Crippen LogP contribution in [0.25, 0.3) is 0 Å². The van der Waals surface area contributed by atoms with E-state index in [9.17, 15) is 9.59 Å². The zero-order valence-corrected chi connectivity index (χ0v) is 9.69. The zero-order chi connectivity index (χ0) is 12.7. The molecule has 0 aromatic rings. The Morgan fingerprint density at radius 3 is 2.59 bits per heavy atom. The SMILES string of the molecule is N#CCCN1CCC(C(=O)NCC(=O)O)CC1. The molecule has 1 saturated heterocycles. The Balaban J connectivity index is 2.24.